The quantitative estimate of drug-likeness (QED) is 0.639. The maximum absolute atomic E-state index is 13.6. The molecule has 0 unspecified atom stereocenters. The first-order chi connectivity index (χ1) is 8.10. The Kier molecular flexibility index (Phi) is 4.71. The van der Waals surface area contributed by atoms with Gasteiger partial charge in [-0.15, -0.1) is 0 Å². The summed E-state index contributed by atoms with van der Waals surface area (Å²) in [7, 11) is 1.64. The number of benzene rings is 1. The van der Waals surface area contributed by atoms with E-state index in [1.807, 2.05) is 0 Å². The van der Waals surface area contributed by atoms with Crippen LogP contribution in [0.25, 0.3) is 0 Å². The first-order valence-corrected chi connectivity index (χ1v) is 5.24. The molecule has 0 saturated carbocycles. The molecule has 5 nitrogen and oxygen atoms in total. The van der Waals surface area contributed by atoms with Crippen LogP contribution in [0.3, 0.4) is 0 Å². The van der Waals surface area contributed by atoms with Gasteiger partial charge in [0.15, 0.2) is 0 Å². The number of hydrogen-bond acceptors (Lipinski definition) is 4. The number of halogens is 1. The zero-order valence-corrected chi connectivity index (χ0v) is 9.63. The Labute approximate surface area is 98.9 Å². The highest BCUT2D eigenvalue weighted by Crippen LogP contribution is 2.26. The Bertz CT molecular complexity index is 410. The molecule has 0 aliphatic carbocycles. The molecule has 1 rings (SSSR count). The molecule has 5 N–H and O–H groups in total. The minimum atomic E-state index is -0.854. The van der Waals surface area contributed by atoms with E-state index in [2.05, 4.69) is 5.32 Å². The van der Waals surface area contributed by atoms with E-state index in [0.717, 1.165) is 0 Å². The number of anilines is 1. The van der Waals surface area contributed by atoms with Gasteiger partial charge in [0.05, 0.1) is 6.61 Å². The van der Waals surface area contributed by atoms with E-state index in [4.69, 9.17) is 16.2 Å². The summed E-state index contributed by atoms with van der Waals surface area (Å²) in [6.07, 6.45) is 0.615. The van der Waals surface area contributed by atoms with Crippen LogP contribution in [0.2, 0.25) is 0 Å². The molecule has 0 aromatic heterocycles. The third-order valence-electron chi connectivity index (χ3n) is 2.20. The molecule has 0 fully saturated rings. The molecule has 0 heterocycles. The summed E-state index contributed by atoms with van der Waals surface area (Å²) in [5.74, 6) is -1.42. The Hall–Kier alpha value is -1.82. The third kappa shape index (κ3) is 3.32. The second-order valence-corrected chi connectivity index (χ2v) is 3.44. The standard InChI is InChI=1S/C11H16FN3O2/c1-15-7-5-8(12)10(11(14)16)9(6-7)17-4-2-3-13/h5-6,15H,2-4,13H2,1H3,(H2,14,16). The Morgan fingerprint density at radius 3 is 2.76 bits per heavy atom. The maximum Gasteiger partial charge on any atom is 0.255 e. The van der Waals surface area contributed by atoms with Crippen LogP contribution >= 0.6 is 0 Å². The lowest BCUT2D eigenvalue weighted by atomic mass is 10.1. The lowest BCUT2D eigenvalue weighted by Crippen LogP contribution is -2.16. The van der Waals surface area contributed by atoms with Crippen molar-refractivity contribution in [2.75, 3.05) is 25.5 Å². The molecule has 0 saturated heterocycles. The number of amides is 1. The summed E-state index contributed by atoms with van der Waals surface area (Å²) in [5.41, 5.74) is 10.7. The third-order valence-corrected chi connectivity index (χ3v) is 2.20. The number of nitrogens with two attached hydrogens (primary N) is 2. The fourth-order valence-corrected chi connectivity index (χ4v) is 1.34. The van der Waals surface area contributed by atoms with Gasteiger partial charge in [-0.1, -0.05) is 0 Å². The molecule has 1 aromatic rings. The Balaban J connectivity index is 3.04. The average molecular weight is 241 g/mol. The van der Waals surface area contributed by atoms with Crippen molar-refractivity contribution >= 4 is 11.6 Å². The van der Waals surface area contributed by atoms with Gasteiger partial charge in [-0.3, -0.25) is 4.79 Å². The van der Waals surface area contributed by atoms with Gasteiger partial charge in [0, 0.05) is 18.8 Å². The van der Waals surface area contributed by atoms with Crippen LogP contribution in [0.1, 0.15) is 16.8 Å². The summed E-state index contributed by atoms with van der Waals surface area (Å²) in [6.45, 7) is 0.767. The van der Waals surface area contributed by atoms with Crippen molar-refractivity contribution in [1.29, 1.82) is 0 Å². The van der Waals surface area contributed by atoms with Crippen LogP contribution in [0.15, 0.2) is 12.1 Å². The van der Waals surface area contributed by atoms with E-state index in [0.29, 0.717) is 25.3 Å². The molecule has 94 valence electrons. The second-order valence-electron chi connectivity index (χ2n) is 3.44. The normalized spacial score (nSPS) is 10.1. The van der Waals surface area contributed by atoms with Gasteiger partial charge < -0.3 is 21.5 Å². The fraction of sp³-hybridized carbons (Fsp3) is 0.364. The van der Waals surface area contributed by atoms with Crippen molar-refractivity contribution in [3.8, 4) is 5.75 Å². The highest BCUT2D eigenvalue weighted by Gasteiger charge is 2.16. The van der Waals surface area contributed by atoms with E-state index >= 15 is 0 Å². The summed E-state index contributed by atoms with van der Waals surface area (Å²) in [6, 6.07) is 2.72. The SMILES string of the molecule is CNc1cc(F)c(C(N)=O)c(OCCCN)c1. The minimum absolute atomic E-state index is 0.135. The minimum Gasteiger partial charge on any atom is -0.493 e. The molecule has 0 radical (unpaired) electrons. The van der Waals surface area contributed by atoms with E-state index in [1.165, 1.54) is 12.1 Å². The number of ether oxygens (including phenoxy) is 1. The number of primary amides is 1. The molecular formula is C11H16FN3O2. The van der Waals surface area contributed by atoms with Crippen molar-refractivity contribution in [3.63, 3.8) is 0 Å². The van der Waals surface area contributed by atoms with Crippen molar-refractivity contribution in [2.45, 2.75) is 6.42 Å². The number of nitrogens with one attached hydrogen (secondary N) is 1. The van der Waals surface area contributed by atoms with Crippen molar-refractivity contribution in [2.24, 2.45) is 11.5 Å². The van der Waals surface area contributed by atoms with Crippen LogP contribution in [0.5, 0.6) is 5.75 Å². The van der Waals surface area contributed by atoms with E-state index < -0.39 is 11.7 Å². The highest BCUT2D eigenvalue weighted by atomic mass is 19.1. The first kappa shape index (κ1) is 13.2. The van der Waals surface area contributed by atoms with Gasteiger partial charge in [0.1, 0.15) is 17.1 Å². The van der Waals surface area contributed by atoms with Gasteiger partial charge >= 0.3 is 0 Å². The van der Waals surface area contributed by atoms with Crippen LogP contribution < -0.4 is 21.5 Å². The van der Waals surface area contributed by atoms with E-state index in [1.54, 1.807) is 7.05 Å². The number of rotatable bonds is 6. The van der Waals surface area contributed by atoms with Gasteiger partial charge in [-0.25, -0.2) is 4.39 Å². The average Bonchev–Trinajstić information content (AvgIpc) is 2.28. The van der Waals surface area contributed by atoms with Crippen LogP contribution in [-0.2, 0) is 0 Å². The topological polar surface area (TPSA) is 90.4 Å². The molecule has 1 aromatic carbocycles. The molecule has 0 aliphatic rings. The molecule has 0 spiro atoms. The van der Waals surface area contributed by atoms with Crippen LogP contribution in [0, 0.1) is 5.82 Å². The van der Waals surface area contributed by atoms with Gasteiger partial charge in [-0.2, -0.15) is 0 Å². The second kappa shape index (κ2) is 6.05. The van der Waals surface area contributed by atoms with Gasteiger partial charge in [-0.05, 0) is 19.0 Å². The van der Waals surface area contributed by atoms with Crippen LogP contribution in [0.4, 0.5) is 10.1 Å². The van der Waals surface area contributed by atoms with E-state index in [-0.39, 0.29) is 11.3 Å². The maximum atomic E-state index is 13.6. The fourth-order valence-electron chi connectivity index (χ4n) is 1.34. The molecule has 0 aliphatic heterocycles. The Morgan fingerprint density at radius 1 is 1.53 bits per heavy atom. The summed E-state index contributed by atoms with van der Waals surface area (Å²) < 4.78 is 18.9. The van der Waals surface area contributed by atoms with Crippen LogP contribution in [-0.4, -0.2) is 26.1 Å². The highest BCUT2D eigenvalue weighted by molar-refractivity contribution is 5.96. The Morgan fingerprint density at radius 2 is 2.24 bits per heavy atom. The summed E-state index contributed by atoms with van der Waals surface area (Å²) >= 11 is 0. The predicted octanol–water partition coefficient (Wildman–Crippen LogP) is 0.694. The van der Waals surface area contributed by atoms with Crippen molar-refractivity contribution in [3.05, 3.63) is 23.5 Å². The summed E-state index contributed by atoms with van der Waals surface area (Å²) in [5, 5.41) is 2.77. The number of carbonyl (C=O) groups excluding carboxylic acids is 1. The molecule has 1 amide bonds. The zero-order chi connectivity index (χ0) is 12.8. The first-order valence-electron chi connectivity index (χ1n) is 5.24. The number of hydrogen-bond donors (Lipinski definition) is 3. The van der Waals surface area contributed by atoms with Gasteiger partial charge in [0.25, 0.3) is 5.91 Å². The molecular weight excluding hydrogens is 225 g/mol. The molecule has 17 heavy (non-hydrogen) atoms. The van der Waals surface area contributed by atoms with Crippen molar-refractivity contribution < 1.29 is 13.9 Å². The smallest absolute Gasteiger partial charge is 0.255 e. The molecule has 0 bridgehead atoms. The molecule has 6 heteroatoms. The van der Waals surface area contributed by atoms with E-state index in [9.17, 15) is 9.18 Å². The number of carbonyl (C=O) groups is 1. The van der Waals surface area contributed by atoms with Gasteiger partial charge in [0.2, 0.25) is 0 Å². The predicted molar refractivity (Wildman–Crippen MR) is 63.6 cm³/mol. The zero-order valence-electron chi connectivity index (χ0n) is 9.63. The van der Waals surface area contributed by atoms with Crippen molar-refractivity contribution in [1.82, 2.24) is 0 Å². The monoisotopic (exact) mass is 241 g/mol. The summed E-state index contributed by atoms with van der Waals surface area (Å²) in [4.78, 5) is 11.1. The molecule has 0 atom stereocenters. The lowest BCUT2D eigenvalue weighted by molar-refractivity contribution is 0.0992. The largest absolute Gasteiger partial charge is 0.493 e. The lowest BCUT2D eigenvalue weighted by Gasteiger charge is -2.12.